The van der Waals surface area contributed by atoms with Crippen molar-refractivity contribution in [3.63, 3.8) is 0 Å². The largest absolute Gasteiger partial charge is 0.308 e. The third-order valence-corrected chi connectivity index (χ3v) is 4.60. The van der Waals surface area contributed by atoms with Gasteiger partial charge in [0.2, 0.25) is 0 Å². The fraction of sp³-hybridized carbons (Fsp3) is 0.412. The first kappa shape index (κ1) is 15.7. The molecule has 1 saturated carbocycles. The Labute approximate surface area is 138 Å². The molecule has 3 rings (SSSR count). The maximum atomic E-state index is 12.4. The first-order valence-corrected chi connectivity index (χ1v) is 7.99. The highest BCUT2D eigenvalue weighted by Crippen LogP contribution is 2.39. The summed E-state index contributed by atoms with van der Waals surface area (Å²) >= 11 is 5.93. The average Bonchev–Trinajstić information content (AvgIpc) is 3.32. The van der Waals surface area contributed by atoms with Crippen molar-refractivity contribution in [2.75, 3.05) is 0 Å². The molecule has 1 aliphatic rings. The van der Waals surface area contributed by atoms with Crippen molar-refractivity contribution >= 4 is 28.3 Å². The Morgan fingerprint density at radius 3 is 2.91 bits per heavy atom. The van der Waals surface area contributed by atoms with Crippen LogP contribution in [0.3, 0.4) is 0 Å². The summed E-state index contributed by atoms with van der Waals surface area (Å²) in [6, 6.07) is 6.71. The molecular formula is C17H16ClN3O2. The minimum absolute atomic E-state index is 0.0975. The molecule has 0 bridgehead atoms. The number of nitriles is 1. The molecule has 1 aliphatic carbocycles. The fourth-order valence-corrected chi connectivity index (χ4v) is 2.99. The van der Waals surface area contributed by atoms with Crippen molar-refractivity contribution in [1.82, 2.24) is 9.97 Å². The summed E-state index contributed by atoms with van der Waals surface area (Å²) in [5.41, 5.74) is 0.0181. The Balaban J connectivity index is 1.94. The molecule has 1 fully saturated rings. The molecule has 1 N–H and O–H groups in total. The molecule has 0 radical (unpaired) electrons. The molecular weight excluding hydrogens is 314 g/mol. The standard InChI is InChI=1S/C17H16ClN3O2/c1-9(10-2-3-10)6-15(22)13(8-19)16-20-14-7-11(18)4-5-12(14)17(23)21-16/h4-5,7,9-10,13H,2-3,6H2,1H3,(H,20,21,23)/t9-,13+/m0/s1. The van der Waals surface area contributed by atoms with Crippen LogP contribution in [0.25, 0.3) is 10.9 Å². The molecule has 1 aromatic carbocycles. The highest BCUT2D eigenvalue weighted by atomic mass is 35.5. The van der Waals surface area contributed by atoms with Crippen molar-refractivity contribution in [1.29, 1.82) is 5.26 Å². The van der Waals surface area contributed by atoms with E-state index < -0.39 is 5.92 Å². The van der Waals surface area contributed by atoms with Gasteiger partial charge >= 0.3 is 0 Å². The molecule has 0 amide bonds. The predicted molar refractivity (Wildman–Crippen MR) is 87.2 cm³/mol. The van der Waals surface area contributed by atoms with Crippen molar-refractivity contribution in [2.45, 2.75) is 32.1 Å². The van der Waals surface area contributed by atoms with Crippen LogP contribution in [0.5, 0.6) is 0 Å². The number of aromatic nitrogens is 2. The average molecular weight is 330 g/mol. The van der Waals surface area contributed by atoms with Crippen LogP contribution in [-0.4, -0.2) is 15.8 Å². The summed E-state index contributed by atoms with van der Waals surface area (Å²) in [6.45, 7) is 2.03. The van der Waals surface area contributed by atoms with Crippen molar-refractivity contribution in [2.24, 2.45) is 11.8 Å². The van der Waals surface area contributed by atoms with Crippen LogP contribution >= 0.6 is 11.6 Å². The van der Waals surface area contributed by atoms with E-state index in [0.29, 0.717) is 28.3 Å². The second-order valence-electron chi connectivity index (χ2n) is 6.16. The van der Waals surface area contributed by atoms with E-state index in [4.69, 9.17) is 11.6 Å². The van der Waals surface area contributed by atoms with Crippen LogP contribution < -0.4 is 5.56 Å². The number of Topliss-reactive ketones (excluding diaryl/α,β-unsaturated/α-hetero) is 1. The van der Waals surface area contributed by atoms with Crippen LogP contribution in [0.4, 0.5) is 0 Å². The van der Waals surface area contributed by atoms with E-state index in [2.05, 4.69) is 9.97 Å². The summed E-state index contributed by atoms with van der Waals surface area (Å²) in [7, 11) is 0. The number of ketones is 1. The van der Waals surface area contributed by atoms with E-state index in [-0.39, 0.29) is 23.1 Å². The quantitative estimate of drug-likeness (QED) is 0.912. The number of carbonyl (C=O) groups excluding carboxylic acids is 1. The molecule has 118 valence electrons. The molecule has 0 aliphatic heterocycles. The third-order valence-electron chi connectivity index (χ3n) is 4.36. The Bertz CT molecular complexity index is 864. The molecule has 6 heteroatoms. The van der Waals surface area contributed by atoms with Gasteiger partial charge in [-0.05, 0) is 42.9 Å². The minimum Gasteiger partial charge on any atom is -0.308 e. The van der Waals surface area contributed by atoms with Gasteiger partial charge in [-0.1, -0.05) is 18.5 Å². The third kappa shape index (κ3) is 3.27. The van der Waals surface area contributed by atoms with Crippen molar-refractivity contribution < 1.29 is 4.79 Å². The van der Waals surface area contributed by atoms with Gasteiger partial charge in [0.05, 0.1) is 17.0 Å². The molecule has 2 aromatic rings. The fourth-order valence-electron chi connectivity index (χ4n) is 2.82. The van der Waals surface area contributed by atoms with Gasteiger partial charge in [0.1, 0.15) is 5.82 Å². The van der Waals surface area contributed by atoms with Gasteiger partial charge in [0.25, 0.3) is 5.56 Å². The van der Waals surface area contributed by atoms with Gasteiger partial charge in [-0.25, -0.2) is 4.98 Å². The molecule has 2 atom stereocenters. The van der Waals surface area contributed by atoms with Gasteiger partial charge in [-0.2, -0.15) is 5.26 Å². The SMILES string of the molecule is C[C@@H](CC(=O)[C@@H](C#N)c1nc2cc(Cl)ccc2c(=O)[nH]1)C1CC1. The lowest BCUT2D eigenvalue weighted by atomic mass is 9.92. The molecule has 0 unspecified atom stereocenters. The van der Waals surface area contributed by atoms with E-state index in [1.54, 1.807) is 18.2 Å². The summed E-state index contributed by atoms with van der Waals surface area (Å²) in [5, 5.41) is 10.2. The smallest absolute Gasteiger partial charge is 0.258 e. The van der Waals surface area contributed by atoms with Crippen LogP contribution in [0.15, 0.2) is 23.0 Å². The van der Waals surface area contributed by atoms with E-state index in [9.17, 15) is 14.9 Å². The van der Waals surface area contributed by atoms with Gasteiger partial charge in [-0.3, -0.25) is 9.59 Å². The van der Waals surface area contributed by atoms with E-state index in [0.717, 1.165) is 12.8 Å². The van der Waals surface area contributed by atoms with Crippen LogP contribution in [0, 0.1) is 23.2 Å². The first-order valence-electron chi connectivity index (χ1n) is 7.61. The lowest BCUT2D eigenvalue weighted by Crippen LogP contribution is -2.21. The number of nitrogens with one attached hydrogen (secondary N) is 1. The number of carbonyl (C=O) groups is 1. The molecule has 1 heterocycles. The molecule has 5 nitrogen and oxygen atoms in total. The number of rotatable bonds is 5. The van der Waals surface area contributed by atoms with E-state index in [1.807, 2.05) is 13.0 Å². The van der Waals surface area contributed by atoms with Crippen molar-refractivity contribution in [3.8, 4) is 6.07 Å². The monoisotopic (exact) mass is 329 g/mol. The summed E-state index contributed by atoms with van der Waals surface area (Å²) in [5.74, 6) is -0.301. The number of H-pyrrole nitrogens is 1. The van der Waals surface area contributed by atoms with E-state index in [1.165, 1.54) is 0 Å². The minimum atomic E-state index is -1.05. The summed E-state index contributed by atoms with van der Waals surface area (Å²) in [6.07, 6.45) is 2.63. The number of benzene rings is 1. The van der Waals surface area contributed by atoms with Gasteiger partial charge in [-0.15, -0.1) is 0 Å². The number of fused-ring (bicyclic) bond motifs is 1. The van der Waals surface area contributed by atoms with Gasteiger partial charge < -0.3 is 4.98 Å². The molecule has 0 spiro atoms. The number of nitrogens with zero attached hydrogens (tertiary/aromatic N) is 2. The number of halogens is 1. The van der Waals surface area contributed by atoms with Crippen LogP contribution in [0.1, 0.15) is 37.9 Å². The maximum absolute atomic E-state index is 12.4. The Morgan fingerprint density at radius 1 is 1.52 bits per heavy atom. The Kier molecular flexibility index (Phi) is 4.18. The van der Waals surface area contributed by atoms with Gasteiger partial charge in [0.15, 0.2) is 11.7 Å². The zero-order valence-corrected chi connectivity index (χ0v) is 13.4. The molecule has 1 aromatic heterocycles. The van der Waals surface area contributed by atoms with Crippen molar-refractivity contribution in [3.05, 3.63) is 39.4 Å². The van der Waals surface area contributed by atoms with E-state index >= 15 is 0 Å². The molecule has 23 heavy (non-hydrogen) atoms. The second-order valence-corrected chi connectivity index (χ2v) is 6.60. The normalized spacial score (nSPS) is 16.7. The van der Waals surface area contributed by atoms with Crippen LogP contribution in [-0.2, 0) is 4.79 Å². The summed E-state index contributed by atoms with van der Waals surface area (Å²) in [4.78, 5) is 31.4. The van der Waals surface area contributed by atoms with Gasteiger partial charge in [0, 0.05) is 11.4 Å². The molecule has 0 saturated heterocycles. The lowest BCUT2D eigenvalue weighted by Gasteiger charge is -2.12. The highest BCUT2D eigenvalue weighted by Gasteiger charge is 2.32. The number of aromatic amines is 1. The topological polar surface area (TPSA) is 86.6 Å². The number of hydrogen-bond donors (Lipinski definition) is 1. The Hall–Kier alpha value is -2.19. The first-order chi connectivity index (χ1) is 11.0. The van der Waals surface area contributed by atoms with Crippen LogP contribution in [0.2, 0.25) is 5.02 Å². The predicted octanol–water partition coefficient (Wildman–Crippen LogP) is 3.19. The maximum Gasteiger partial charge on any atom is 0.258 e. The zero-order valence-electron chi connectivity index (χ0n) is 12.7. The second kappa shape index (κ2) is 6.13. The Morgan fingerprint density at radius 2 is 2.26 bits per heavy atom. The number of hydrogen-bond acceptors (Lipinski definition) is 4. The zero-order chi connectivity index (χ0) is 16.6. The highest BCUT2D eigenvalue weighted by molar-refractivity contribution is 6.31. The summed E-state index contributed by atoms with van der Waals surface area (Å²) < 4.78 is 0. The lowest BCUT2D eigenvalue weighted by molar-refractivity contribution is -0.120.